The minimum atomic E-state index is -0.842. The van der Waals surface area contributed by atoms with Crippen LogP contribution in [0.2, 0.25) is 0 Å². The summed E-state index contributed by atoms with van der Waals surface area (Å²) in [6, 6.07) is -0.168. The number of carboxylic acid groups (broad SMARTS) is 1. The van der Waals surface area contributed by atoms with Gasteiger partial charge in [0.2, 0.25) is 5.89 Å². The average molecular weight is 306 g/mol. The van der Waals surface area contributed by atoms with Crippen LogP contribution in [0.1, 0.15) is 57.8 Å². The molecule has 0 fully saturated rings. The Kier molecular flexibility index (Phi) is 9.16. The highest BCUT2D eigenvalue weighted by Gasteiger charge is 2.22. The monoisotopic (exact) mass is 305 g/mol. The fraction of sp³-hybridized carbons (Fsp3) is 0.769. The fourth-order valence-corrected chi connectivity index (χ4v) is 1.90. The van der Waals surface area contributed by atoms with Crippen molar-refractivity contribution in [1.29, 1.82) is 0 Å². The maximum absolute atomic E-state index is 10.9. The van der Waals surface area contributed by atoms with E-state index in [-0.39, 0.29) is 25.0 Å². The smallest absolute Gasteiger partial charge is 0.317 e. The summed E-state index contributed by atoms with van der Waals surface area (Å²) in [4.78, 5) is 17.0. The van der Waals surface area contributed by atoms with Gasteiger partial charge in [0.15, 0.2) is 5.82 Å². The highest BCUT2D eigenvalue weighted by atomic mass is 35.5. The Morgan fingerprint density at radius 3 is 2.65 bits per heavy atom. The van der Waals surface area contributed by atoms with Crippen LogP contribution in [0.15, 0.2) is 4.52 Å². The Balaban J connectivity index is 0.00000361. The van der Waals surface area contributed by atoms with E-state index in [2.05, 4.69) is 17.1 Å². The van der Waals surface area contributed by atoms with Crippen LogP contribution < -0.4 is 0 Å². The van der Waals surface area contributed by atoms with E-state index in [0.717, 1.165) is 25.7 Å². The van der Waals surface area contributed by atoms with Gasteiger partial charge >= 0.3 is 5.97 Å². The van der Waals surface area contributed by atoms with E-state index in [1.807, 2.05) is 18.7 Å². The zero-order chi connectivity index (χ0) is 14.3. The Morgan fingerprint density at radius 1 is 1.40 bits per heavy atom. The summed E-state index contributed by atoms with van der Waals surface area (Å²) in [5, 5.41) is 12.9. The van der Waals surface area contributed by atoms with Crippen LogP contribution >= 0.6 is 12.4 Å². The van der Waals surface area contributed by atoms with Gasteiger partial charge in [-0.3, -0.25) is 9.69 Å². The Morgan fingerprint density at radius 2 is 2.10 bits per heavy atom. The number of rotatable bonds is 9. The zero-order valence-electron chi connectivity index (χ0n) is 12.3. The van der Waals surface area contributed by atoms with E-state index in [4.69, 9.17) is 9.63 Å². The van der Waals surface area contributed by atoms with Crippen molar-refractivity contribution in [2.75, 3.05) is 13.1 Å². The molecule has 1 heterocycles. The molecule has 0 saturated carbocycles. The molecule has 0 aromatic carbocycles. The third-order valence-electron chi connectivity index (χ3n) is 2.99. The third kappa shape index (κ3) is 5.88. The van der Waals surface area contributed by atoms with Gasteiger partial charge in [0.1, 0.15) is 0 Å². The van der Waals surface area contributed by atoms with Crippen LogP contribution in [0.4, 0.5) is 0 Å². The van der Waals surface area contributed by atoms with Gasteiger partial charge in [-0.2, -0.15) is 4.98 Å². The van der Waals surface area contributed by atoms with Crippen molar-refractivity contribution in [2.24, 2.45) is 0 Å². The second-order valence-corrected chi connectivity index (χ2v) is 4.69. The summed E-state index contributed by atoms with van der Waals surface area (Å²) in [6.07, 6.45) is 3.80. The number of carboxylic acids is 1. The SMILES string of the molecule is CCCCc1noc(C(C)N(CCC)CC(=O)O)n1.Cl. The average Bonchev–Trinajstić information content (AvgIpc) is 2.83. The number of carbonyl (C=O) groups is 1. The summed E-state index contributed by atoms with van der Waals surface area (Å²) in [5.74, 6) is 0.363. The number of aromatic nitrogens is 2. The van der Waals surface area contributed by atoms with Crippen molar-refractivity contribution in [3.05, 3.63) is 11.7 Å². The van der Waals surface area contributed by atoms with Gasteiger partial charge in [-0.25, -0.2) is 0 Å². The predicted molar refractivity (Wildman–Crippen MR) is 78.1 cm³/mol. The molecule has 1 rings (SSSR count). The Labute approximate surface area is 125 Å². The van der Waals surface area contributed by atoms with E-state index >= 15 is 0 Å². The van der Waals surface area contributed by atoms with Crippen molar-refractivity contribution in [1.82, 2.24) is 15.0 Å². The summed E-state index contributed by atoms with van der Waals surface area (Å²) in [7, 11) is 0. The lowest BCUT2D eigenvalue weighted by atomic mass is 10.2. The van der Waals surface area contributed by atoms with Crippen LogP contribution in [0.3, 0.4) is 0 Å². The van der Waals surface area contributed by atoms with Crippen LogP contribution in [-0.4, -0.2) is 39.2 Å². The Bertz CT molecular complexity index is 398. The van der Waals surface area contributed by atoms with Gasteiger partial charge in [0, 0.05) is 6.42 Å². The molecule has 1 atom stereocenters. The second-order valence-electron chi connectivity index (χ2n) is 4.69. The molecule has 20 heavy (non-hydrogen) atoms. The minimum absolute atomic E-state index is 0. The molecule has 0 saturated heterocycles. The molecule has 0 amide bonds. The maximum atomic E-state index is 10.9. The predicted octanol–water partition coefficient (Wildman–Crippen LogP) is 2.69. The van der Waals surface area contributed by atoms with E-state index in [0.29, 0.717) is 18.3 Å². The second kappa shape index (κ2) is 9.72. The molecule has 0 aliphatic carbocycles. The number of hydrogen-bond acceptors (Lipinski definition) is 5. The van der Waals surface area contributed by atoms with Gasteiger partial charge in [-0.1, -0.05) is 25.4 Å². The van der Waals surface area contributed by atoms with E-state index in [1.54, 1.807) is 0 Å². The number of aliphatic carboxylic acids is 1. The molecule has 1 N–H and O–H groups in total. The van der Waals surface area contributed by atoms with Crippen LogP contribution in [0.5, 0.6) is 0 Å². The summed E-state index contributed by atoms with van der Waals surface area (Å²) >= 11 is 0. The lowest BCUT2D eigenvalue weighted by Gasteiger charge is -2.23. The first-order valence-electron chi connectivity index (χ1n) is 6.86. The largest absolute Gasteiger partial charge is 0.480 e. The van der Waals surface area contributed by atoms with Crippen molar-refractivity contribution < 1.29 is 14.4 Å². The third-order valence-corrected chi connectivity index (χ3v) is 2.99. The molecule has 6 nitrogen and oxygen atoms in total. The molecular formula is C13H24ClN3O3. The van der Waals surface area contributed by atoms with Gasteiger partial charge in [-0.05, 0) is 26.3 Å². The molecule has 7 heteroatoms. The molecule has 1 aromatic rings. The summed E-state index contributed by atoms with van der Waals surface area (Å²) < 4.78 is 5.24. The highest BCUT2D eigenvalue weighted by Crippen LogP contribution is 2.18. The molecule has 0 radical (unpaired) electrons. The normalized spacial score (nSPS) is 12.2. The lowest BCUT2D eigenvalue weighted by Crippen LogP contribution is -2.33. The topological polar surface area (TPSA) is 79.5 Å². The molecular weight excluding hydrogens is 282 g/mol. The molecule has 0 spiro atoms. The van der Waals surface area contributed by atoms with Crippen LogP contribution in [-0.2, 0) is 11.2 Å². The minimum Gasteiger partial charge on any atom is -0.480 e. The maximum Gasteiger partial charge on any atom is 0.317 e. The summed E-state index contributed by atoms with van der Waals surface area (Å²) in [5.41, 5.74) is 0. The lowest BCUT2D eigenvalue weighted by molar-refractivity contribution is -0.139. The van der Waals surface area contributed by atoms with E-state index in [9.17, 15) is 4.79 Å². The van der Waals surface area contributed by atoms with Gasteiger partial charge in [0.25, 0.3) is 0 Å². The van der Waals surface area contributed by atoms with Crippen molar-refractivity contribution >= 4 is 18.4 Å². The molecule has 1 aromatic heterocycles. The first-order valence-corrected chi connectivity index (χ1v) is 6.86. The van der Waals surface area contributed by atoms with Crippen molar-refractivity contribution in [2.45, 2.75) is 52.5 Å². The quantitative estimate of drug-likeness (QED) is 0.755. The van der Waals surface area contributed by atoms with Crippen LogP contribution in [0.25, 0.3) is 0 Å². The number of aryl methyl sites for hydroxylation is 1. The van der Waals surface area contributed by atoms with Crippen LogP contribution in [0, 0.1) is 0 Å². The van der Waals surface area contributed by atoms with Gasteiger partial charge < -0.3 is 9.63 Å². The van der Waals surface area contributed by atoms with Crippen molar-refractivity contribution in [3.63, 3.8) is 0 Å². The standard InChI is InChI=1S/C13H23N3O3.ClH/c1-4-6-7-11-14-13(19-15-11)10(3)16(8-5-2)9-12(17)18;/h10H,4-9H2,1-3H3,(H,17,18);1H. The zero-order valence-corrected chi connectivity index (χ0v) is 13.2. The molecule has 0 aliphatic rings. The Hall–Kier alpha value is -1.14. The number of unbranched alkanes of at least 4 members (excludes halogenated alkanes) is 1. The van der Waals surface area contributed by atoms with E-state index < -0.39 is 5.97 Å². The van der Waals surface area contributed by atoms with Crippen molar-refractivity contribution in [3.8, 4) is 0 Å². The molecule has 116 valence electrons. The van der Waals surface area contributed by atoms with E-state index in [1.165, 1.54) is 0 Å². The first kappa shape index (κ1) is 18.9. The number of nitrogens with zero attached hydrogens (tertiary/aromatic N) is 3. The molecule has 1 unspecified atom stereocenters. The number of halogens is 1. The van der Waals surface area contributed by atoms with Gasteiger partial charge in [0.05, 0.1) is 12.6 Å². The number of hydrogen-bond donors (Lipinski definition) is 1. The first-order chi connectivity index (χ1) is 9.08. The fourth-order valence-electron chi connectivity index (χ4n) is 1.90. The summed E-state index contributed by atoms with van der Waals surface area (Å²) in [6.45, 7) is 6.71. The highest BCUT2D eigenvalue weighted by molar-refractivity contribution is 5.85. The molecule has 0 bridgehead atoms. The molecule has 0 aliphatic heterocycles. The van der Waals surface area contributed by atoms with Gasteiger partial charge in [-0.15, -0.1) is 12.4 Å².